The van der Waals surface area contributed by atoms with Gasteiger partial charge >= 0.3 is 0 Å². The normalized spacial score (nSPS) is 12.5. The van der Waals surface area contributed by atoms with Crippen molar-refractivity contribution in [3.8, 4) is 0 Å². The van der Waals surface area contributed by atoms with E-state index in [-0.39, 0.29) is 11.8 Å². The van der Waals surface area contributed by atoms with Gasteiger partial charge in [-0.1, -0.05) is 55.5 Å². The van der Waals surface area contributed by atoms with Crippen molar-refractivity contribution in [1.29, 1.82) is 0 Å². The highest BCUT2D eigenvalue weighted by atomic mass is 16.2. The molecule has 2 atom stereocenters. The van der Waals surface area contributed by atoms with Gasteiger partial charge < -0.3 is 16.0 Å². The molecule has 0 bridgehead atoms. The Hall–Kier alpha value is -3.15. The monoisotopic (exact) mass is 381 g/mol. The molecule has 3 amide bonds. The van der Waals surface area contributed by atoms with Crippen molar-refractivity contribution in [3.05, 3.63) is 71.8 Å². The molecule has 0 aliphatic rings. The summed E-state index contributed by atoms with van der Waals surface area (Å²) in [5.74, 6) is -0.977. The van der Waals surface area contributed by atoms with Gasteiger partial charge in [-0.2, -0.15) is 0 Å². The van der Waals surface area contributed by atoms with Gasteiger partial charge in [0, 0.05) is 18.5 Å². The SMILES string of the molecule is CCCNC(=O)[C@@H](C)NC(=O)[C@@H](Cc1ccccc1)NC(=O)c1ccccc1. The van der Waals surface area contributed by atoms with Crippen molar-refractivity contribution in [3.63, 3.8) is 0 Å². The summed E-state index contributed by atoms with van der Waals surface area (Å²) in [4.78, 5) is 37.4. The first-order chi connectivity index (χ1) is 13.5. The predicted octanol–water partition coefficient (Wildman–Crippen LogP) is 2.06. The number of benzene rings is 2. The van der Waals surface area contributed by atoms with Crippen LogP contribution in [-0.2, 0) is 16.0 Å². The molecular formula is C22H27N3O3. The molecule has 0 heterocycles. The minimum absolute atomic E-state index is 0.247. The van der Waals surface area contributed by atoms with E-state index in [1.807, 2.05) is 43.3 Å². The maximum absolute atomic E-state index is 12.8. The van der Waals surface area contributed by atoms with Crippen molar-refractivity contribution >= 4 is 17.7 Å². The smallest absolute Gasteiger partial charge is 0.251 e. The summed E-state index contributed by atoms with van der Waals surface area (Å²) >= 11 is 0. The van der Waals surface area contributed by atoms with Crippen LogP contribution in [-0.4, -0.2) is 36.3 Å². The van der Waals surface area contributed by atoms with E-state index in [0.29, 0.717) is 18.5 Å². The number of carbonyl (C=O) groups is 3. The lowest BCUT2D eigenvalue weighted by Gasteiger charge is -2.21. The Morgan fingerprint density at radius 2 is 1.46 bits per heavy atom. The van der Waals surface area contributed by atoms with Crippen molar-refractivity contribution in [2.75, 3.05) is 6.54 Å². The fraction of sp³-hybridized carbons (Fsp3) is 0.318. The van der Waals surface area contributed by atoms with E-state index in [9.17, 15) is 14.4 Å². The van der Waals surface area contributed by atoms with Crippen LogP contribution in [0.1, 0.15) is 36.2 Å². The van der Waals surface area contributed by atoms with Crippen LogP contribution in [0.2, 0.25) is 0 Å². The molecule has 0 aliphatic heterocycles. The first-order valence-corrected chi connectivity index (χ1v) is 9.49. The van der Waals surface area contributed by atoms with E-state index in [4.69, 9.17) is 0 Å². The molecule has 148 valence electrons. The van der Waals surface area contributed by atoms with Gasteiger partial charge in [-0.3, -0.25) is 14.4 Å². The van der Waals surface area contributed by atoms with E-state index < -0.39 is 18.0 Å². The fourth-order valence-corrected chi connectivity index (χ4v) is 2.67. The van der Waals surface area contributed by atoms with E-state index in [1.165, 1.54) is 0 Å². The lowest BCUT2D eigenvalue weighted by molar-refractivity contribution is -0.129. The molecule has 0 saturated heterocycles. The Bertz CT molecular complexity index is 778. The summed E-state index contributed by atoms with van der Waals surface area (Å²) in [6, 6.07) is 16.7. The number of rotatable bonds is 9. The molecule has 2 aromatic carbocycles. The van der Waals surface area contributed by atoms with Crippen LogP contribution in [0.5, 0.6) is 0 Å². The first-order valence-electron chi connectivity index (χ1n) is 9.49. The standard InChI is InChI=1S/C22H27N3O3/c1-3-14-23-20(26)16(2)24-22(28)19(15-17-10-6-4-7-11-17)25-21(27)18-12-8-5-9-13-18/h4-13,16,19H,3,14-15H2,1-2H3,(H,23,26)(H,24,28)(H,25,27)/t16-,19-/m1/s1. The van der Waals surface area contributed by atoms with Gasteiger partial charge in [-0.05, 0) is 31.0 Å². The van der Waals surface area contributed by atoms with Crippen LogP contribution >= 0.6 is 0 Å². The zero-order valence-electron chi connectivity index (χ0n) is 16.3. The molecule has 6 heteroatoms. The average molecular weight is 381 g/mol. The molecule has 3 N–H and O–H groups in total. The third kappa shape index (κ3) is 6.54. The highest BCUT2D eigenvalue weighted by molar-refractivity contribution is 5.98. The number of hydrogen-bond acceptors (Lipinski definition) is 3. The van der Waals surface area contributed by atoms with E-state index in [1.54, 1.807) is 31.2 Å². The predicted molar refractivity (Wildman–Crippen MR) is 109 cm³/mol. The van der Waals surface area contributed by atoms with Gasteiger partial charge in [0.1, 0.15) is 12.1 Å². The molecule has 0 spiro atoms. The van der Waals surface area contributed by atoms with Crippen molar-refractivity contribution in [2.24, 2.45) is 0 Å². The lowest BCUT2D eigenvalue weighted by Crippen LogP contribution is -2.53. The van der Waals surface area contributed by atoms with Gasteiger partial charge in [0.05, 0.1) is 0 Å². The third-order valence-electron chi connectivity index (χ3n) is 4.24. The van der Waals surface area contributed by atoms with Gasteiger partial charge in [0.25, 0.3) is 5.91 Å². The number of carbonyl (C=O) groups excluding carboxylic acids is 3. The zero-order valence-corrected chi connectivity index (χ0v) is 16.3. The second-order valence-corrected chi connectivity index (χ2v) is 6.60. The summed E-state index contributed by atoms with van der Waals surface area (Å²) in [5.41, 5.74) is 1.39. The van der Waals surface area contributed by atoms with Gasteiger partial charge in [-0.15, -0.1) is 0 Å². The topological polar surface area (TPSA) is 87.3 Å². The van der Waals surface area contributed by atoms with Crippen LogP contribution in [0.4, 0.5) is 0 Å². The molecule has 28 heavy (non-hydrogen) atoms. The highest BCUT2D eigenvalue weighted by Crippen LogP contribution is 2.06. The van der Waals surface area contributed by atoms with Crippen molar-refractivity contribution in [1.82, 2.24) is 16.0 Å². The average Bonchev–Trinajstić information content (AvgIpc) is 2.72. The Morgan fingerprint density at radius 3 is 2.07 bits per heavy atom. The highest BCUT2D eigenvalue weighted by Gasteiger charge is 2.25. The Labute approximate surface area is 165 Å². The second-order valence-electron chi connectivity index (χ2n) is 6.60. The molecule has 0 aliphatic carbocycles. The van der Waals surface area contributed by atoms with Gasteiger partial charge in [0.2, 0.25) is 11.8 Å². The summed E-state index contributed by atoms with van der Waals surface area (Å²) in [5, 5.41) is 8.24. The van der Waals surface area contributed by atoms with E-state index in [0.717, 1.165) is 12.0 Å². The number of nitrogens with one attached hydrogen (secondary N) is 3. The van der Waals surface area contributed by atoms with Crippen LogP contribution < -0.4 is 16.0 Å². The summed E-state index contributed by atoms with van der Waals surface area (Å²) in [6.45, 7) is 4.14. The van der Waals surface area contributed by atoms with Crippen LogP contribution in [0, 0.1) is 0 Å². The Morgan fingerprint density at radius 1 is 0.857 bits per heavy atom. The summed E-state index contributed by atoms with van der Waals surface area (Å²) in [6.07, 6.45) is 1.14. The Kier molecular flexibility index (Phi) is 8.21. The first kappa shape index (κ1) is 21.2. The molecular weight excluding hydrogens is 354 g/mol. The van der Waals surface area contributed by atoms with E-state index >= 15 is 0 Å². The van der Waals surface area contributed by atoms with Crippen LogP contribution in [0.15, 0.2) is 60.7 Å². The van der Waals surface area contributed by atoms with E-state index in [2.05, 4.69) is 16.0 Å². The quantitative estimate of drug-likeness (QED) is 0.621. The lowest BCUT2D eigenvalue weighted by atomic mass is 10.0. The maximum atomic E-state index is 12.8. The molecule has 0 unspecified atom stereocenters. The van der Waals surface area contributed by atoms with Gasteiger partial charge in [0.15, 0.2) is 0 Å². The van der Waals surface area contributed by atoms with Crippen molar-refractivity contribution in [2.45, 2.75) is 38.8 Å². The molecule has 0 saturated carbocycles. The summed E-state index contributed by atoms with van der Waals surface area (Å²) < 4.78 is 0. The van der Waals surface area contributed by atoms with Gasteiger partial charge in [-0.25, -0.2) is 0 Å². The van der Waals surface area contributed by atoms with Crippen LogP contribution in [0.25, 0.3) is 0 Å². The zero-order chi connectivity index (χ0) is 20.4. The molecule has 0 radical (unpaired) electrons. The molecule has 2 rings (SSSR count). The fourth-order valence-electron chi connectivity index (χ4n) is 2.67. The summed E-state index contributed by atoms with van der Waals surface area (Å²) in [7, 11) is 0. The number of amides is 3. The molecule has 6 nitrogen and oxygen atoms in total. The molecule has 0 aromatic heterocycles. The van der Waals surface area contributed by atoms with Crippen LogP contribution in [0.3, 0.4) is 0 Å². The minimum atomic E-state index is -0.795. The largest absolute Gasteiger partial charge is 0.354 e. The Balaban J connectivity index is 2.09. The molecule has 2 aromatic rings. The van der Waals surface area contributed by atoms with Crippen molar-refractivity contribution < 1.29 is 14.4 Å². The number of hydrogen-bond donors (Lipinski definition) is 3. The maximum Gasteiger partial charge on any atom is 0.251 e. The molecule has 0 fully saturated rings. The second kappa shape index (κ2) is 10.9. The minimum Gasteiger partial charge on any atom is -0.354 e. The third-order valence-corrected chi connectivity index (χ3v) is 4.24.